The molecular formula is C24H26Cl2F3N7O3. The molecule has 3 aromatic rings. The van der Waals surface area contributed by atoms with E-state index in [1.165, 1.54) is 0 Å². The average Bonchev–Trinajstić information content (AvgIpc) is 3.23. The number of fused-ring (bicyclic) bond motifs is 1. The van der Waals surface area contributed by atoms with Gasteiger partial charge in [-0.05, 0) is 38.5 Å². The summed E-state index contributed by atoms with van der Waals surface area (Å²) in [6.45, 7) is 1.31. The second-order valence-corrected chi connectivity index (χ2v) is 10.4. The van der Waals surface area contributed by atoms with Crippen LogP contribution in [0.5, 0.6) is 5.75 Å². The van der Waals surface area contributed by atoms with Gasteiger partial charge in [0.1, 0.15) is 11.3 Å². The van der Waals surface area contributed by atoms with Gasteiger partial charge in [-0.2, -0.15) is 4.98 Å². The van der Waals surface area contributed by atoms with Crippen molar-refractivity contribution in [2.75, 3.05) is 23.8 Å². The first kappa shape index (κ1) is 27.5. The van der Waals surface area contributed by atoms with Crippen molar-refractivity contribution in [3.05, 3.63) is 28.4 Å². The van der Waals surface area contributed by atoms with E-state index in [2.05, 4.69) is 25.3 Å². The van der Waals surface area contributed by atoms with E-state index in [4.69, 9.17) is 38.7 Å². The number of benzene rings is 1. The van der Waals surface area contributed by atoms with E-state index in [-0.39, 0.29) is 39.6 Å². The summed E-state index contributed by atoms with van der Waals surface area (Å²) < 4.78 is 49.4. The van der Waals surface area contributed by atoms with Gasteiger partial charge >= 0.3 is 6.36 Å². The second-order valence-electron chi connectivity index (χ2n) is 9.58. The zero-order valence-corrected chi connectivity index (χ0v) is 22.1. The number of carbonyl (C=O) groups excluding carboxylic acids is 1. The van der Waals surface area contributed by atoms with Gasteiger partial charge in [0.25, 0.3) is 0 Å². The number of nitrogens with two attached hydrogens (primary N) is 1. The van der Waals surface area contributed by atoms with Crippen molar-refractivity contribution in [1.29, 1.82) is 0 Å². The van der Waals surface area contributed by atoms with Crippen LogP contribution >= 0.6 is 23.2 Å². The summed E-state index contributed by atoms with van der Waals surface area (Å²) in [5.41, 5.74) is 6.73. The Labute approximate surface area is 231 Å². The lowest BCUT2D eigenvalue weighted by molar-refractivity contribution is -0.274. The maximum absolute atomic E-state index is 12.7. The fourth-order valence-corrected chi connectivity index (χ4v) is 5.57. The molecule has 1 aromatic carbocycles. The number of hydrogen-bond acceptors (Lipinski definition) is 8. The molecule has 0 bridgehead atoms. The number of aromatic nitrogens is 4. The fraction of sp³-hybridized carbons (Fsp3) is 0.500. The highest BCUT2D eigenvalue weighted by Crippen LogP contribution is 2.41. The van der Waals surface area contributed by atoms with Crippen molar-refractivity contribution in [3.8, 4) is 5.75 Å². The van der Waals surface area contributed by atoms with Crippen molar-refractivity contribution in [3.63, 3.8) is 0 Å². The van der Waals surface area contributed by atoms with E-state index in [1.807, 2.05) is 4.57 Å². The van der Waals surface area contributed by atoms with Crippen LogP contribution in [0.3, 0.4) is 0 Å². The highest BCUT2D eigenvalue weighted by molar-refractivity contribution is 6.39. The van der Waals surface area contributed by atoms with Gasteiger partial charge < -0.3 is 25.8 Å². The van der Waals surface area contributed by atoms with Crippen molar-refractivity contribution < 1.29 is 27.4 Å². The SMILES string of the molecule is NC(=O)C1CCC(n2c(Nc3c(Cl)cc(OC(F)(F)F)cc3Cl)nc3cnc(NC4CCOCC4)nc32)CC1. The van der Waals surface area contributed by atoms with Gasteiger partial charge in [0.05, 0.1) is 21.9 Å². The number of anilines is 3. The molecule has 10 nitrogen and oxygen atoms in total. The molecule has 0 atom stereocenters. The summed E-state index contributed by atoms with van der Waals surface area (Å²) in [6, 6.07) is 2.11. The summed E-state index contributed by atoms with van der Waals surface area (Å²) >= 11 is 12.6. The Morgan fingerprint density at radius 3 is 2.36 bits per heavy atom. The Morgan fingerprint density at radius 1 is 1.08 bits per heavy atom. The molecule has 0 radical (unpaired) electrons. The first-order valence-corrected chi connectivity index (χ1v) is 13.2. The Balaban J connectivity index is 1.50. The zero-order valence-electron chi connectivity index (χ0n) is 20.6. The molecule has 210 valence electrons. The van der Waals surface area contributed by atoms with E-state index in [9.17, 15) is 18.0 Å². The smallest absolute Gasteiger partial charge is 0.406 e. The third-order valence-corrected chi connectivity index (χ3v) is 7.53. The molecule has 1 saturated carbocycles. The number of alkyl halides is 3. The van der Waals surface area contributed by atoms with Gasteiger partial charge in [-0.15, -0.1) is 13.2 Å². The summed E-state index contributed by atoms with van der Waals surface area (Å²) in [5, 5.41) is 6.25. The molecule has 2 aromatic heterocycles. The van der Waals surface area contributed by atoms with Gasteiger partial charge in [-0.3, -0.25) is 9.36 Å². The van der Waals surface area contributed by atoms with Crippen molar-refractivity contribution in [2.45, 2.75) is 57.0 Å². The van der Waals surface area contributed by atoms with Crippen LogP contribution in [-0.2, 0) is 9.53 Å². The van der Waals surface area contributed by atoms with Crippen LogP contribution in [0.2, 0.25) is 10.0 Å². The normalized spacial score (nSPS) is 20.6. The predicted molar refractivity (Wildman–Crippen MR) is 139 cm³/mol. The lowest BCUT2D eigenvalue weighted by atomic mass is 9.85. The Morgan fingerprint density at radius 2 is 1.74 bits per heavy atom. The summed E-state index contributed by atoms with van der Waals surface area (Å²) in [4.78, 5) is 25.6. The minimum absolute atomic E-state index is 0.0919. The second kappa shape index (κ2) is 11.2. The maximum atomic E-state index is 12.7. The number of imidazole rings is 1. The average molecular weight is 588 g/mol. The maximum Gasteiger partial charge on any atom is 0.573 e. The van der Waals surface area contributed by atoms with Crippen LogP contribution in [0, 0.1) is 5.92 Å². The van der Waals surface area contributed by atoms with Crippen LogP contribution in [-0.4, -0.2) is 51.0 Å². The number of carbonyl (C=O) groups is 1. The number of rotatable bonds is 7. The zero-order chi connectivity index (χ0) is 27.7. The quantitative estimate of drug-likeness (QED) is 0.326. The van der Waals surface area contributed by atoms with Gasteiger partial charge in [0.15, 0.2) is 5.65 Å². The van der Waals surface area contributed by atoms with Gasteiger partial charge in [-0.25, -0.2) is 9.97 Å². The van der Waals surface area contributed by atoms with E-state index in [1.54, 1.807) is 6.20 Å². The molecule has 2 fully saturated rings. The molecule has 1 amide bonds. The number of hydrogen-bond donors (Lipinski definition) is 3. The lowest BCUT2D eigenvalue weighted by Gasteiger charge is -2.29. The lowest BCUT2D eigenvalue weighted by Crippen LogP contribution is -2.29. The predicted octanol–water partition coefficient (Wildman–Crippen LogP) is 5.58. The van der Waals surface area contributed by atoms with Crippen LogP contribution in [0.1, 0.15) is 44.6 Å². The molecule has 3 heterocycles. The van der Waals surface area contributed by atoms with E-state index >= 15 is 0 Å². The minimum atomic E-state index is -4.89. The topological polar surface area (TPSA) is 129 Å². The van der Waals surface area contributed by atoms with Crippen LogP contribution in [0.4, 0.5) is 30.8 Å². The summed E-state index contributed by atoms with van der Waals surface area (Å²) in [7, 11) is 0. The first-order valence-electron chi connectivity index (χ1n) is 12.5. The third-order valence-electron chi connectivity index (χ3n) is 6.94. The molecule has 0 spiro atoms. The molecule has 1 aliphatic carbocycles. The molecule has 5 rings (SSSR count). The molecule has 4 N–H and O–H groups in total. The molecule has 39 heavy (non-hydrogen) atoms. The molecule has 15 heteroatoms. The summed E-state index contributed by atoms with van der Waals surface area (Å²) in [6.07, 6.45) is 0.842. The molecule has 1 aliphatic heterocycles. The molecule has 1 saturated heterocycles. The Bertz CT molecular complexity index is 1330. The van der Waals surface area contributed by atoms with Gasteiger partial charge in [0, 0.05) is 43.3 Å². The number of nitrogens with one attached hydrogen (secondary N) is 2. The Kier molecular flexibility index (Phi) is 7.92. The fourth-order valence-electron chi connectivity index (χ4n) is 5.01. The van der Waals surface area contributed by atoms with Crippen LogP contribution in [0.15, 0.2) is 18.3 Å². The van der Waals surface area contributed by atoms with Crippen LogP contribution in [0.25, 0.3) is 11.2 Å². The number of nitrogens with zero attached hydrogens (tertiary/aromatic N) is 4. The highest BCUT2D eigenvalue weighted by atomic mass is 35.5. The number of primary amides is 1. The third kappa shape index (κ3) is 6.42. The molecule has 0 unspecified atom stereocenters. The van der Waals surface area contributed by atoms with Crippen molar-refractivity contribution in [2.24, 2.45) is 11.7 Å². The Hall–Kier alpha value is -3.03. The summed E-state index contributed by atoms with van der Waals surface area (Å²) in [5.74, 6) is -0.308. The van der Waals surface area contributed by atoms with Crippen molar-refractivity contribution in [1.82, 2.24) is 19.5 Å². The number of amides is 1. The van der Waals surface area contributed by atoms with E-state index in [0.717, 1.165) is 25.0 Å². The van der Waals surface area contributed by atoms with Gasteiger partial charge in [0.2, 0.25) is 17.8 Å². The number of halogens is 5. The monoisotopic (exact) mass is 587 g/mol. The molecule has 2 aliphatic rings. The largest absolute Gasteiger partial charge is 0.573 e. The van der Waals surface area contributed by atoms with Gasteiger partial charge in [-0.1, -0.05) is 23.2 Å². The van der Waals surface area contributed by atoms with Crippen molar-refractivity contribution >= 4 is 57.9 Å². The number of ether oxygens (including phenoxy) is 2. The first-order chi connectivity index (χ1) is 18.6. The minimum Gasteiger partial charge on any atom is -0.406 e. The standard InChI is InChI=1S/C24H26Cl2F3N7O3/c25-16-9-15(39-24(27,28)29)10-17(26)19(16)34-23-33-18-11-31-22(32-13-5-7-38-8-6-13)35-21(18)36(23)14-3-1-12(2-4-14)20(30)37/h9-14H,1-8H2,(H2,30,37)(H,33,34)(H,31,32,35). The van der Waals surface area contributed by atoms with E-state index < -0.39 is 12.1 Å². The molecular weight excluding hydrogens is 562 g/mol. The van der Waals surface area contributed by atoms with Crippen LogP contribution < -0.4 is 21.1 Å². The highest BCUT2D eigenvalue weighted by Gasteiger charge is 2.32. The van der Waals surface area contributed by atoms with E-state index in [0.29, 0.717) is 62.0 Å².